The summed E-state index contributed by atoms with van der Waals surface area (Å²) in [6.07, 6.45) is 1.82. The molecule has 1 aliphatic heterocycles. The fraction of sp³-hybridized carbons (Fsp3) is 0.480. The van der Waals surface area contributed by atoms with Crippen LogP contribution in [0.25, 0.3) is 27.7 Å². The Bertz CT molecular complexity index is 1450. The highest BCUT2D eigenvalue weighted by Gasteiger charge is 2.45. The van der Waals surface area contributed by atoms with E-state index < -0.39 is 24.3 Å². The summed E-state index contributed by atoms with van der Waals surface area (Å²) < 4.78 is 53.7. The molecule has 3 aromatic heterocycles. The van der Waals surface area contributed by atoms with Crippen LogP contribution in [-0.4, -0.2) is 79.5 Å². The largest absolute Gasteiger partial charge is 0.479 e. The number of nitrogens with one attached hydrogen (secondary N) is 1. The first kappa shape index (κ1) is 25.3. The first-order valence-corrected chi connectivity index (χ1v) is 12.2. The standard InChI is InChI=1S/C25H30F3N7O2/c1-14(2)35-15(3)29-21-18(26)11-16(12-19(21)35)17-5-8-34-22(17)23(37-4)31-24(32-34)30-20-6-7-33(9-10-36)13-25(20,27)28/h5,8,11-12,14,20,36H,6-7,9-10,13H2,1-4H3,(H,30,32). The average molecular weight is 518 g/mol. The number of likely N-dealkylation sites (tertiary alicyclic amines) is 1. The summed E-state index contributed by atoms with van der Waals surface area (Å²) in [6, 6.07) is 3.98. The van der Waals surface area contributed by atoms with E-state index in [1.54, 1.807) is 12.3 Å². The Morgan fingerprint density at radius 2 is 2.05 bits per heavy atom. The molecule has 5 rings (SSSR count). The van der Waals surface area contributed by atoms with E-state index in [0.29, 0.717) is 34.2 Å². The minimum Gasteiger partial charge on any atom is -0.479 e. The van der Waals surface area contributed by atoms with Crippen molar-refractivity contribution in [2.45, 2.75) is 45.2 Å². The smallest absolute Gasteiger partial charge is 0.280 e. The molecule has 0 amide bonds. The molecule has 1 saturated heterocycles. The number of aromatic nitrogens is 5. The molecule has 2 N–H and O–H groups in total. The van der Waals surface area contributed by atoms with E-state index in [1.165, 1.54) is 22.6 Å². The Morgan fingerprint density at radius 3 is 2.73 bits per heavy atom. The summed E-state index contributed by atoms with van der Waals surface area (Å²) in [7, 11) is 1.44. The first-order valence-electron chi connectivity index (χ1n) is 12.2. The molecule has 1 fully saturated rings. The lowest BCUT2D eigenvalue weighted by molar-refractivity contribution is -0.0760. The van der Waals surface area contributed by atoms with Crippen molar-refractivity contribution in [2.75, 3.05) is 38.7 Å². The van der Waals surface area contributed by atoms with Crippen molar-refractivity contribution >= 4 is 22.5 Å². The Hall–Kier alpha value is -3.38. The molecule has 0 aliphatic carbocycles. The minimum atomic E-state index is -3.04. The number of piperidine rings is 1. The van der Waals surface area contributed by atoms with Crippen LogP contribution < -0.4 is 10.1 Å². The van der Waals surface area contributed by atoms with Crippen LogP contribution in [0.4, 0.5) is 19.1 Å². The van der Waals surface area contributed by atoms with Gasteiger partial charge in [-0.1, -0.05) is 0 Å². The van der Waals surface area contributed by atoms with Crippen molar-refractivity contribution in [1.82, 2.24) is 29.0 Å². The molecule has 9 nitrogen and oxygen atoms in total. The number of rotatable bonds is 7. The van der Waals surface area contributed by atoms with E-state index in [0.717, 1.165) is 5.82 Å². The van der Waals surface area contributed by atoms with E-state index >= 15 is 4.39 Å². The number of ether oxygens (including phenoxy) is 1. The lowest BCUT2D eigenvalue weighted by Crippen LogP contribution is -2.55. The van der Waals surface area contributed by atoms with Crippen LogP contribution in [0.2, 0.25) is 0 Å². The second-order valence-electron chi connectivity index (χ2n) is 9.66. The number of fused-ring (bicyclic) bond motifs is 2. The fourth-order valence-electron chi connectivity index (χ4n) is 5.18. The molecule has 37 heavy (non-hydrogen) atoms. The number of β-amino-alcohol motifs (C(OH)–C–C–N with tert-alkyl or cyclic N) is 1. The van der Waals surface area contributed by atoms with Crippen molar-refractivity contribution in [3.8, 4) is 17.0 Å². The van der Waals surface area contributed by atoms with Gasteiger partial charge in [0.05, 0.1) is 31.8 Å². The average Bonchev–Trinajstić information content (AvgIpc) is 3.41. The highest BCUT2D eigenvalue weighted by Crippen LogP contribution is 2.36. The minimum absolute atomic E-state index is 0.00178. The first-order chi connectivity index (χ1) is 17.6. The van der Waals surface area contributed by atoms with Gasteiger partial charge in [-0.3, -0.25) is 4.90 Å². The van der Waals surface area contributed by atoms with Gasteiger partial charge in [-0.15, -0.1) is 5.10 Å². The van der Waals surface area contributed by atoms with Crippen LogP contribution in [0, 0.1) is 12.7 Å². The number of halogens is 3. The van der Waals surface area contributed by atoms with Gasteiger partial charge in [0, 0.05) is 30.9 Å². The Labute approximate surface area is 211 Å². The van der Waals surface area contributed by atoms with Crippen LogP contribution in [0.3, 0.4) is 0 Å². The number of anilines is 1. The molecule has 0 saturated carbocycles. The zero-order valence-corrected chi connectivity index (χ0v) is 21.2. The van der Waals surface area contributed by atoms with Crippen LogP contribution in [0.15, 0.2) is 24.4 Å². The molecular weight excluding hydrogens is 487 g/mol. The van der Waals surface area contributed by atoms with Crippen LogP contribution in [-0.2, 0) is 0 Å². The summed E-state index contributed by atoms with van der Waals surface area (Å²) in [5.41, 5.74) is 2.71. The second-order valence-corrected chi connectivity index (χ2v) is 9.66. The highest BCUT2D eigenvalue weighted by molar-refractivity contribution is 5.90. The molecule has 198 valence electrons. The van der Waals surface area contributed by atoms with E-state index in [1.807, 2.05) is 31.4 Å². The number of imidazole rings is 1. The maximum absolute atomic E-state index is 15.1. The highest BCUT2D eigenvalue weighted by atomic mass is 19.3. The molecule has 0 bridgehead atoms. The molecule has 0 spiro atoms. The van der Waals surface area contributed by atoms with Gasteiger partial charge in [0.2, 0.25) is 11.8 Å². The number of hydrogen-bond donors (Lipinski definition) is 2. The van der Waals surface area contributed by atoms with E-state index in [4.69, 9.17) is 9.84 Å². The molecule has 4 heterocycles. The number of benzene rings is 1. The van der Waals surface area contributed by atoms with Crippen LogP contribution in [0.1, 0.15) is 32.1 Å². The third kappa shape index (κ3) is 4.48. The summed E-state index contributed by atoms with van der Waals surface area (Å²) in [5.74, 6) is -2.58. The Kier molecular flexibility index (Phi) is 6.48. The fourth-order valence-corrected chi connectivity index (χ4v) is 5.18. The summed E-state index contributed by atoms with van der Waals surface area (Å²) >= 11 is 0. The predicted molar refractivity (Wildman–Crippen MR) is 134 cm³/mol. The molecule has 1 aliphatic rings. The second kappa shape index (κ2) is 9.49. The van der Waals surface area contributed by atoms with Gasteiger partial charge in [0.15, 0.2) is 5.82 Å². The van der Waals surface area contributed by atoms with Gasteiger partial charge >= 0.3 is 0 Å². The SMILES string of the molecule is COc1nc(NC2CCN(CCO)CC2(F)F)nn2ccc(-c3cc(F)c4nc(C)n(C(C)C)c4c3)c12. The number of alkyl halides is 2. The monoisotopic (exact) mass is 517 g/mol. The number of nitrogens with zero attached hydrogens (tertiary/aromatic N) is 6. The van der Waals surface area contributed by atoms with E-state index in [9.17, 15) is 8.78 Å². The lowest BCUT2D eigenvalue weighted by Gasteiger charge is -2.38. The topological polar surface area (TPSA) is 92.7 Å². The molecule has 0 radical (unpaired) electrons. The molecule has 1 unspecified atom stereocenters. The van der Waals surface area contributed by atoms with Crippen molar-refractivity contribution in [2.24, 2.45) is 0 Å². The summed E-state index contributed by atoms with van der Waals surface area (Å²) in [4.78, 5) is 10.3. The Morgan fingerprint density at radius 1 is 1.27 bits per heavy atom. The van der Waals surface area contributed by atoms with Crippen molar-refractivity contribution in [1.29, 1.82) is 0 Å². The predicted octanol–water partition coefficient (Wildman–Crippen LogP) is 3.90. The zero-order chi connectivity index (χ0) is 26.5. The lowest BCUT2D eigenvalue weighted by atomic mass is 10.0. The van der Waals surface area contributed by atoms with Gasteiger partial charge in [0.25, 0.3) is 5.92 Å². The third-order valence-electron chi connectivity index (χ3n) is 6.82. The number of methoxy groups -OCH3 is 1. The van der Waals surface area contributed by atoms with Gasteiger partial charge in [0.1, 0.15) is 16.9 Å². The molecule has 12 heteroatoms. The number of aliphatic hydroxyl groups excluding tert-OH is 1. The number of aliphatic hydroxyl groups is 1. The zero-order valence-electron chi connectivity index (χ0n) is 21.2. The molecular formula is C25H30F3N7O2. The normalized spacial score (nSPS) is 18.2. The third-order valence-corrected chi connectivity index (χ3v) is 6.82. The summed E-state index contributed by atoms with van der Waals surface area (Å²) in [5, 5.41) is 16.2. The van der Waals surface area contributed by atoms with Crippen LogP contribution in [0.5, 0.6) is 5.88 Å². The van der Waals surface area contributed by atoms with Gasteiger partial charge in [-0.2, -0.15) is 4.98 Å². The number of hydrogen-bond acceptors (Lipinski definition) is 7. The van der Waals surface area contributed by atoms with E-state index in [2.05, 4.69) is 20.4 Å². The maximum atomic E-state index is 15.1. The quantitative estimate of drug-likeness (QED) is 0.384. The molecule has 1 atom stereocenters. The van der Waals surface area contributed by atoms with Crippen LogP contribution >= 0.6 is 0 Å². The van der Waals surface area contributed by atoms with Crippen molar-refractivity contribution in [3.05, 3.63) is 36.0 Å². The van der Waals surface area contributed by atoms with Gasteiger partial charge < -0.3 is 19.7 Å². The van der Waals surface area contributed by atoms with E-state index in [-0.39, 0.29) is 37.4 Å². The molecule has 1 aromatic carbocycles. The summed E-state index contributed by atoms with van der Waals surface area (Å²) in [6.45, 7) is 5.86. The molecule has 4 aromatic rings. The van der Waals surface area contributed by atoms with Gasteiger partial charge in [-0.25, -0.2) is 22.7 Å². The van der Waals surface area contributed by atoms with Crippen molar-refractivity contribution < 1.29 is 23.0 Å². The maximum Gasteiger partial charge on any atom is 0.280 e. The van der Waals surface area contributed by atoms with Gasteiger partial charge in [-0.05, 0) is 51.0 Å². The van der Waals surface area contributed by atoms with Crippen molar-refractivity contribution in [3.63, 3.8) is 0 Å². The Balaban J connectivity index is 1.52. The number of aryl methyl sites for hydroxylation is 1.